The van der Waals surface area contributed by atoms with Crippen LogP contribution in [-0.4, -0.2) is 11.3 Å². The first-order valence-electron chi connectivity index (χ1n) is 4.22. The van der Waals surface area contributed by atoms with Crippen LogP contribution in [0.3, 0.4) is 0 Å². The summed E-state index contributed by atoms with van der Waals surface area (Å²) in [5.74, 6) is 0.531. The van der Waals surface area contributed by atoms with E-state index in [4.69, 9.17) is 0 Å². The van der Waals surface area contributed by atoms with Gasteiger partial charge >= 0.3 is 0 Å². The van der Waals surface area contributed by atoms with Gasteiger partial charge in [0.25, 0.3) is 0 Å². The van der Waals surface area contributed by atoms with E-state index in [2.05, 4.69) is 18.8 Å². The van der Waals surface area contributed by atoms with Crippen molar-refractivity contribution in [2.24, 2.45) is 0 Å². The molecule has 0 unspecified atom stereocenters. The maximum Gasteiger partial charge on any atom is 0.169 e. The van der Waals surface area contributed by atoms with Crippen LogP contribution in [-0.2, 0) is 0 Å². The largest absolute Gasteiger partial charge is 0.296 e. The lowest BCUT2D eigenvalue weighted by Gasteiger charge is -2.06. The van der Waals surface area contributed by atoms with E-state index in [1.54, 1.807) is 11.3 Å². The standard InChI is InChI=1S/C9H13NOS/c1-3-7(4-2)9-10-8(5-11)6-12-9/h5-7H,3-4H2,1-2H3. The van der Waals surface area contributed by atoms with Gasteiger partial charge in [-0.15, -0.1) is 11.3 Å². The number of hydrogen-bond donors (Lipinski definition) is 0. The Morgan fingerprint density at radius 2 is 2.25 bits per heavy atom. The van der Waals surface area contributed by atoms with Gasteiger partial charge in [-0.3, -0.25) is 4.79 Å². The number of thiazole rings is 1. The van der Waals surface area contributed by atoms with Gasteiger partial charge in [0.15, 0.2) is 6.29 Å². The van der Waals surface area contributed by atoms with E-state index in [1.807, 2.05) is 5.38 Å². The third kappa shape index (κ3) is 1.91. The van der Waals surface area contributed by atoms with E-state index in [1.165, 1.54) is 0 Å². The van der Waals surface area contributed by atoms with Crippen molar-refractivity contribution >= 4 is 17.6 Å². The van der Waals surface area contributed by atoms with Crippen molar-refractivity contribution in [3.8, 4) is 0 Å². The number of rotatable bonds is 4. The highest BCUT2D eigenvalue weighted by molar-refractivity contribution is 7.09. The van der Waals surface area contributed by atoms with Crippen LogP contribution < -0.4 is 0 Å². The molecular formula is C9H13NOS. The van der Waals surface area contributed by atoms with E-state index < -0.39 is 0 Å². The van der Waals surface area contributed by atoms with E-state index >= 15 is 0 Å². The summed E-state index contributed by atoms with van der Waals surface area (Å²) in [6, 6.07) is 0. The van der Waals surface area contributed by atoms with Crippen LogP contribution in [0, 0.1) is 0 Å². The Morgan fingerprint density at radius 1 is 1.58 bits per heavy atom. The predicted octanol–water partition coefficient (Wildman–Crippen LogP) is 2.86. The fourth-order valence-electron chi connectivity index (χ4n) is 1.18. The molecule has 0 aromatic carbocycles. The molecule has 0 atom stereocenters. The molecule has 0 aliphatic heterocycles. The van der Waals surface area contributed by atoms with Crippen molar-refractivity contribution in [2.75, 3.05) is 0 Å². The van der Waals surface area contributed by atoms with Crippen molar-refractivity contribution in [3.63, 3.8) is 0 Å². The Hall–Kier alpha value is -0.700. The SMILES string of the molecule is CCC(CC)c1nc(C=O)cs1. The Balaban J connectivity index is 2.79. The molecule has 0 saturated carbocycles. The third-order valence-corrected chi connectivity index (χ3v) is 3.02. The Labute approximate surface area is 76.6 Å². The van der Waals surface area contributed by atoms with Crippen LogP contribution in [0.25, 0.3) is 0 Å². The van der Waals surface area contributed by atoms with Crippen LogP contribution in [0.1, 0.15) is 48.1 Å². The summed E-state index contributed by atoms with van der Waals surface area (Å²) in [6.07, 6.45) is 3.01. The lowest BCUT2D eigenvalue weighted by Crippen LogP contribution is -1.94. The van der Waals surface area contributed by atoms with Crippen molar-refractivity contribution in [1.29, 1.82) is 0 Å². The van der Waals surface area contributed by atoms with Crippen molar-refractivity contribution < 1.29 is 4.79 Å². The number of carbonyl (C=O) groups is 1. The van der Waals surface area contributed by atoms with E-state index in [0.29, 0.717) is 11.6 Å². The second-order valence-corrected chi connectivity index (χ2v) is 3.63. The summed E-state index contributed by atoms with van der Waals surface area (Å²) in [5.41, 5.74) is 0.571. The lowest BCUT2D eigenvalue weighted by atomic mass is 10.1. The summed E-state index contributed by atoms with van der Waals surface area (Å²) in [6.45, 7) is 4.30. The molecule has 1 heterocycles. The summed E-state index contributed by atoms with van der Waals surface area (Å²) >= 11 is 1.59. The molecule has 3 heteroatoms. The summed E-state index contributed by atoms with van der Waals surface area (Å²) in [4.78, 5) is 14.6. The molecule has 0 amide bonds. The van der Waals surface area contributed by atoms with Gasteiger partial charge in [0.1, 0.15) is 5.69 Å². The van der Waals surface area contributed by atoms with E-state index in [-0.39, 0.29) is 0 Å². The van der Waals surface area contributed by atoms with Crippen LogP contribution in [0.2, 0.25) is 0 Å². The summed E-state index contributed by atoms with van der Waals surface area (Å²) in [7, 11) is 0. The number of carbonyl (C=O) groups excluding carboxylic acids is 1. The second-order valence-electron chi connectivity index (χ2n) is 2.74. The van der Waals surface area contributed by atoms with Gasteiger partial charge in [-0.2, -0.15) is 0 Å². The molecule has 2 nitrogen and oxygen atoms in total. The number of aldehydes is 1. The van der Waals surface area contributed by atoms with Crippen LogP contribution in [0.5, 0.6) is 0 Å². The van der Waals surface area contributed by atoms with Crippen LogP contribution in [0.4, 0.5) is 0 Å². The molecule has 1 aromatic rings. The molecule has 0 fully saturated rings. The van der Waals surface area contributed by atoms with Gasteiger partial charge in [0.05, 0.1) is 5.01 Å². The van der Waals surface area contributed by atoms with Crippen molar-refractivity contribution in [2.45, 2.75) is 32.6 Å². The topological polar surface area (TPSA) is 30.0 Å². The van der Waals surface area contributed by atoms with E-state index in [0.717, 1.165) is 24.1 Å². The molecule has 0 aliphatic rings. The van der Waals surface area contributed by atoms with Gasteiger partial charge in [-0.25, -0.2) is 4.98 Å². The summed E-state index contributed by atoms with van der Waals surface area (Å²) < 4.78 is 0. The van der Waals surface area contributed by atoms with Gasteiger partial charge in [-0.1, -0.05) is 13.8 Å². The first-order chi connectivity index (χ1) is 5.81. The van der Waals surface area contributed by atoms with Gasteiger partial charge < -0.3 is 0 Å². The smallest absolute Gasteiger partial charge is 0.169 e. The highest BCUT2D eigenvalue weighted by Gasteiger charge is 2.10. The maximum absolute atomic E-state index is 10.4. The molecule has 0 bridgehead atoms. The predicted molar refractivity (Wildman–Crippen MR) is 50.8 cm³/mol. The number of nitrogens with zero attached hydrogens (tertiary/aromatic N) is 1. The second kappa shape index (κ2) is 4.36. The Morgan fingerprint density at radius 3 is 2.67 bits per heavy atom. The van der Waals surface area contributed by atoms with Crippen molar-refractivity contribution in [1.82, 2.24) is 4.98 Å². The first-order valence-corrected chi connectivity index (χ1v) is 5.10. The molecular weight excluding hydrogens is 170 g/mol. The molecule has 0 N–H and O–H groups in total. The molecule has 66 valence electrons. The quantitative estimate of drug-likeness (QED) is 0.672. The average molecular weight is 183 g/mol. The first kappa shape index (κ1) is 9.39. The van der Waals surface area contributed by atoms with E-state index in [9.17, 15) is 4.79 Å². The highest BCUT2D eigenvalue weighted by atomic mass is 32.1. The van der Waals surface area contributed by atoms with Crippen molar-refractivity contribution in [3.05, 3.63) is 16.1 Å². The Bertz CT molecular complexity index is 253. The fraction of sp³-hybridized carbons (Fsp3) is 0.556. The molecule has 0 saturated heterocycles. The minimum Gasteiger partial charge on any atom is -0.296 e. The molecule has 1 rings (SSSR count). The maximum atomic E-state index is 10.4. The monoisotopic (exact) mass is 183 g/mol. The fourth-order valence-corrected chi connectivity index (χ4v) is 2.21. The number of hydrogen-bond acceptors (Lipinski definition) is 3. The van der Waals surface area contributed by atoms with Crippen LogP contribution in [0.15, 0.2) is 5.38 Å². The molecule has 0 spiro atoms. The zero-order valence-electron chi connectivity index (χ0n) is 7.41. The third-order valence-electron chi connectivity index (χ3n) is 2.00. The van der Waals surface area contributed by atoms with Gasteiger partial charge in [-0.05, 0) is 12.8 Å². The zero-order valence-corrected chi connectivity index (χ0v) is 8.23. The average Bonchev–Trinajstić information content (AvgIpc) is 2.55. The normalized spacial score (nSPS) is 10.6. The lowest BCUT2D eigenvalue weighted by molar-refractivity contribution is 0.111. The molecule has 12 heavy (non-hydrogen) atoms. The summed E-state index contributed by atoms with van der Waals surface area (Å²) in [5, 5.41) is 2.92. The van der Waals surface area contributed by atoms with Gasteiger partial charge in [0.2, 0.25) is 0 Å². The zero-order chi connectivity index (χ0) is 8.97. The van der Waals surface area contributed by atoms with Gasteiger partial charge in [0, 0.05) is 11.3 Å². The number of aromatic nitrogens is 1. The Kier molecular flexibility index (Phi) is 3.41. The van der Waals surface area contributed by atoms with Crippen LogP contribution >= 0.6 is 11.3 Å². The molecule has 0 radical (unpaired) electrons. The molecule has 0 aliphatic carbocycles. The highest BCUT2D eigenvalue weighted by Crippen LogP contribution is 2.25. The minimum atomic E-state index is 0.531. The molecule has 1 aromatic heterocycles. The minimum absolute atomic E-state index is 0.531.